The van der Waals surface area contributed by atoms with Gasteiger partial charge in [-0.15, -0.1) is 0 Å². The number of anilines is 1. The fourth-order valence-electron chi connectivity index (χ4n) is 0.979. The van der Waals surface area contributed by atoms with Crippen LogP contribution in [-0.2, 0) is 4.79 Å². The number of rotatable bonds is 3. The van der Waals surface area contributed by atoms with Crippen LogP contribution >= 0.6 is 15.9 Å². The van der Waals surface area contributed by atoms with E-state index in [4.69, 9.17) is 10.9 Å². The summed E-state index contributed by atoms with van der Waals surface area (Å²) in [6, 6.07) is 4.15. The van der Waals surface area contributed by atoms with Gasteiger partial charge in [0.2, 0.25) is 5.91 Å². The minimum absolute atomic E-state index is 0.213. The first-order valence-electron chi connectivity index (χ1n) is 4.24. The van der Waals surface area contributed by atoms with Crippen LogP contribution in [0.25, 0.3) is 0 Å². The van der Waals surface area contributed by atoms with Crippen molar-refractivity contribution in [3.05, 3.63) is 28.5 Å². The van der Waals surface area contributed by atoms with E-state index >= 15 is 0 Å². The molecule has 1 rings (SSSR count). The highest BCUT2D eigenvalue weighted by molar-refractivity contribution is 9.10. The summed E-state index contributed by atoms with van der Waals surface area (Å²) in [5.41, 5.74) is 5.44. The minimum atomic E-state index is -0.489. The number of halogens is 2. The summed E-state index contributed by atoms with van der Waals surface area (Å²) in [7, 11) is 0. The highest BCUT2D eigenvalue weighted by atomic mass is 79.9. The number of amidine groups is 1. The van der Waals surface area contributed by atoms with Gasteiger partial charge >= 0.3 is 0 Å². The maximum Gasteiger partial charge on any atom is 0.232 e. The molecule has 0 heterocycles. The molecule has 0 aliphatic carbocycles. The molecule has 5 nitrogen and oxygen atoms in total. The van der Waals surface area contributed by atoms with Crippen LogP contribution in [0.2, 0.25) is 0 Å². The van der Waals surface area contributed by atoms with E-state index in [1.54, 1.807) is 0 Å². The van der Waals surface area contributed by atoms with Crippen LogP contribution in [0.3, 0.4) is 0 Å². The summed E-state index contributed by atoms with van der Waals surface area (Å²) in [5.74, 6) is -1.19. The number of nitrogens with one attached hydrogen (secondary N) is 1. The average Bonchev–Trinajstić information content (AvgIpc) is 2.23. The highest BCUT2D eigenvalue weighted by Crippen LogP contribution is 2.19. The summed E-state index contributed by atoms with van der Waals surface area (Å²) < 4.78 is 13.4. The van der Waals surface area contributed by atoms with Crippen molar-refractivity contribution in [3.8, 4) is 0 Å². The Hall–Kier alpha value is -1.63. The number of hydrogen-bond acceptors (Lipinski definition) is 3. The van der Waals surface area contributed by atoms with Gasteiger partial charge in [0.15, 0.2) is 0 Å². The second kappa shape index (κ2) is 5.45. The second-order valence-corrected chi connectivity index (χ2v) is 3.80. The van der Waals surface area contributed by atoms with Gasteiger partial charge < -0.3 is 16.3 Å². The predicted octanol–water partition coefficient (Wildman–Crippen LogP) is 1.66. The van der Waals surface area contributed by atoms with Crippen LogP contribution in [0, 0.1) is 5.82 Å². The van der Waals surface area contributed by atoms with Gasteiger partial charge in [0.25, 0.3) is 0 Å². The Morgan fingerprint density at radius 3 is 2.88 bits per heavy atom. The summed E-state index contributed by atoms with van der Waals surface area (Å²) >= 11 is 2.99. The van der Waals surface area contributed by atoms with Crippen molar-refractivity contribution in [2.24, 2.45) is 10.9 Å². The Morgan fingerprint density at radius 2 is 2.31 bits per heavy atom. The van der Waals surface area contributed by atoms with Crippen LogP contribution in [0.15, 0.2) is 27.8 Å². The molecule has 0 unspecified atom stereocenters. The lowest BCUT2D eigenvalue weighted by atomic mass is 10.3. The first kappa shape index (κ1) is 12.4. The highest BCUT2D eigenvalue weighted by Gasteiger charge is 2.07. The van der Waals surface area contributed by atoms with Crippen LogP contribution in [0.4, 0.5) is 10.1 Å². The summed E-state index contributed by atoms with van der Waals surface area (Å²) in [4.78, 5) is 11.3. The topological polar surface area (TPSA) is 87.7 Å². The molecule has 1 aromatic rings. The Morgan fingerprint density at radius 1 is 1.62 bits per heavy atom. The number of oxime groups is 1. The van der Waals surface area contributed by atoms with Gasteiger partial charge in [0, 0.05) is 5.69 Å². The molecule has 0 saturated heterocycles. The van der Waals surface area contributed by atoms with Crippen molar-refractivity contribution in [1.82, 2.24) is 0 Å². The summed E-state index contributed by atoms with van der Waals surface area (Å²) in [6.45, 7) is 0. The molecule has 0 spiro atoms. The van der Waals surface area contributed by atoms with E-state index in [1.807, 2.05) is 0 Å². The van der Waals surface area contributed by atoms with Crippen molar-refractivity contribution >= 4 is 33.4 Å². The molecule has 0 aliphatic heterocycles. The Labute approximate surface area is 99.3 Å². The van der Waals surface area contributed by atoms with Crippen LogP contribution in [0.5, 0.6) is 0 Å². The quantitative estimate of drug-likeness (QED) is 0.342. The van der Waals surface area contributed by atoms with E-state index in [0.717, 1.165) is 6.07 Å². The van der Waals surface area contributed by atoms with Gasteiger partial charge in [0.05, 0.1) is 10.9 Å². The molecular weight excluding hydrogens is 281 g/mol. The molecule has 16 heavy (non-hydrogen) atoms. The SMILES string of the molecule is NC(CC(=O)Nc1ccc(Br)c(F)c1)=NO. The maximum atomic E-state index is 13.1. The maximum absolute atomic E-state index is 13.1. The smallest absolute Gasteiger partial charge is 0.232 e. The number of benzene rings is 1. The standard InChI is InChI=1S/C9H9BrFN3O2/c10-6-2-1-5(3-7(6)11)13-9(15)4-8(12)14-16/h1-3,16H,4H2,(H2,12,14)(H,13,15). The van der Waals surface area contributed by atoms with E-state index in [9.17, 15) is 9.18 Å². The Kier molecular flexibility index (Phi) is 4.24. The molecule has 7 heteroatoms. The molecule has 0 radical (unpaired) electrons. The third-order valence-corrected chi connectivity index (χ3v) is 2.32. The number of amides is 1. The first-order chi connectivity index (χ1) is 7.52. The van der Waals surface area contributed by atoms with E-state index in [0.29, 0.717) is 10.2 Å². The van der Waals surface area contributed by atoms with Crippen molar-refractivity contribution in [1.29, 1.82) is 0 Å². The lowest BCUT2D eigenvalue weighted by Crippen LogP contribution is -2.22. The molecule has 0 bridgehead atoms. The molecule has 0 aliphatic rings. The normalized spacial score (nSPS) is 11.2. The van der Waals surface area contributed by atoms with Gasteiger partial charge in [-0.05, 0) is 34.1 Å². The van der Waals surface area contributed by atoms with Gasteiger partial charge in [0.1, 0.15) is 11.7 Å². The predicted molar refractivity (Wildman–Crippen MR) is 60.8 cm³/mol. The van der Waals surface area contributed by atoms with E-state index in [1.165, 1.54) is 12.1 Å². The zero-order chi connectivity index (χ0) is 12.1. The molecule has 0 saturated carbocycles. The largest absolute Gasteiger partial charge is 0.409 e. The number of carbonyl (C=O) groups excluding carboxylic acids is 1. The minimum Gasteiger partial charge on any atom is -0.409 e. The van der Waals surface area contributed by atoms with Crippen molar-refractivity contribution in [2.75, 3.05) is 5.32 Å². The van der Waals surface area contributed by atoms with E-state index in [2.05, 4.69) is 26.4 Å². The molecule has 0 fully saturated rings. The fourth-order valence-corrected chi connectivity index (χ4v) is 1.23. The Bertz CT molecular complexity index is 437. The third kappa shape index (κ3) is 3.50. The number of hydrogen-bond donors (Lipinski definition) is 3. The molecule has 4 N–H and O–H groups in total. The van der Waals surface area contributed by atoms with E-state index < -0.39 is 11.7 Å². The van der Waals surface area contributed by atoms with Crippen molar-refractivity contribution in [3.63, 3.8) is 0 Å². The lowest BCUT2D eigenvalue weighted by molar-refractivity contribution is -0.115. The van der Waals surface area contributed by atoms with Crippen LogP contribution < -0.4 is 11.1 Å². The zero-order valence-electron chi connectivity index (χ0n) is 8.08. The molecule has 86 valence electrons. The second-order valence-electron chi connectivity index (χ2n) is 2.95. The average molecular weight is 290 g/mol. The Balaban J connectivity index is 2.66. The third-order valence-electron chi connectivity index (χ3n) is 1.67. The van der Waals surface area contributed by atoms with Crippen LogP contribution in [0.1, 0.15) is 6.42 Å². The van der Waals surface area contributed by atoms with Crippen molar-refractivity contribution < 1.29 is 14.4 Å². The first-order valence-corrected chi connectivity index (χ1v) is 5.03. The molecule has 1 amide bonds. The van der Waals surface area contributed by atoms with Gasteiger partial charge in [-0.25, -0.2) is 4.39 Å². The van der Waals surface area contributed by atoms with Crippen molar-refractivity contribution in [2.45, 2.75) is 6.42 Å². The van der Waals surface area contributed by atoms with E-state index in [-0.39, 0.29) is 12.3 Å². The molecule has 0 atom stereocenters. The van der Waals surface area contributed by atoms with Crippen LogP contribution in [-0.4, -0.2) is 17.0 Å². The molecular formula is C9H9BrFN3O2. The molecule has 0 aromatic heterocycles. The lowest BCUT2D eigenvalue weighted by Gasteiger charge is -2.05. The monoisotopic (exact) mass is 289 g/mol. The summed E-state index contributed by atoms with van der Waals surface area (Å²) in [6.07, 6.45) is -0.256. The number of nitrogens with zero attached hydrogens (tertiary/aromatic N) is 1. The zero-order valence-corrected chi connectivity index (χ0v) is 9.66. The van der Waals surface area contributed by atoms with Gasteiger partial charge in [-0.1, -0.05) is 5.16 Å². The van der Waals surface area contributed by atoms with Gasteiger partial charge in [-0.2, -0.15) is 0 Å². The van der Waals surface area contributed by atoms with Gasteiger partial charge in [-0.3, -0.25) is 4.79 Å². The number of carbonyl (C=O) groups is 1. The molecule has 1 aromatic carbocycles. The summed E-state index contributed by atoms with van der Waals surface area (Å²) in [5, 5.41) is 13.3. The number of nitrogens with two attached hydrogens (primary N) is 1. The fraction of sp³-hybridized carbons (Fsp3) is 0.111.